The lowest BCUT2D eigenvalue weighted by Gasteiger charge is -2.24. The van der Waals surface area contributed by atoms with Crippen LogP contribution >= 0.6 is 0 Å². The summed E-state index contributed by atoms with van der Waals surface area (Å²) in [5.74, 6) is 0.827. The molecule has 0 aliphatic carbocycles. The van der Waals surface area contributed by atoms with E-state index in [4.69, 9.17) is 9.47 Å². The number of amides is 1. The van der Waals surface area contributed by atoms with E-state index in [1.807, 2.05) is 35.2 Å². The van der Waals surface area contributed by atoms with Crippen molar-refractivity contribution in [3.63, 3.8) is 0 Å². The van der Waals surface area contributed by atoms with Gasteiger partial charge in [-0.05, 0) is 67.3 Å². The number of ether oxygens (including phenoxy) is 2. The van der Waals surface area contributed by atoms with Crippen LogP contribution in [0.5, 0.6) is 5.75 Å². The molecule has 0 unspecified atom stereocenters. The van der Waals surface area contributed by atoms with Crippen molar-refractivity contribution in [3.8, 4) is 5.75 Å². The Labute approximate surface area is 197 Å². The molecule has 0 saturated carbocycles. The molecule has 0 fully saturated rings. The molecule has 0 aliphatic rings. The predicted octanol–water partition coefficient (Wildman–Crippen LogP) is 5.70. The number of hydrogen-bond acceptors (Lipinski definition) is 3. The van der Waals surface area contributed by atoms with Crippen LogP contribution in [0.1, 0.15) is 53.4 Å². The van der Waals surface area contributed by atoms with Gasteiger partial charge in [0.1, 0.15) is 5.75 Å². The average Bonchev–Trinajstić information content (AvgIpc) is 3.27. The Morgan fingerprint density at radius 1 is 0.970 bits per heavy atom. The molecule has 33 heavy (non-hydrogen) atoms. The molecule has 3 rings (SSSR count). The molecule has 0 N–H and O–H groups in total. The molecule has 0 radical (unpaired) electrons. The van der Waals surface area contributed by atoms with Gasteiger partial charge in [0.2, 0.25) is 0 Å². The van der Waals surface area contributed by atoms with E-state index in [0.717, 1.165) is 37.3 Å². The summed E-state index contributed by atoms with van der Waals surface area (Å²) in [4.78, 5) is 15.3. The molecule has 0 bridgehead atoms. The normalized spacial score (nSPS) is 10.9. The van der Waals surface area contributed by atoms with Gasteiger partial charge in [0.15, 0.2) is 0 Å². The van der Waals surface area contributed by atoms with Crippen LogP contribution in [0, 0.1) is 6.92 Å². The van der Waals surface area contributed by atoms with Crippen molar-refractivity contribution in [2.24, 2.45) is 0 Å². The van der Waals surface area contributed by atoms with Crippen molar-refractivity contribution < 1.29 is 14.3 Å². The first-order valence-electron chi connectivity index (χ1n) is 11.8. The quantitative estimate of drug-likeness (QED) is 0.315. The third-order valence-electron chi connectivity index (χ3n) is 5.81. The molecule has 1 amide bonds. The summed E-state index contributed by atoms with van der Waals surface area (Å²) in [6.45, 7) is 7.57. The van der Waals surface area contributed by atoms with E-state index in [1.54, 1.807) is 7.11 Å². The van der Waals surface area contributed by atoms with Crippen molar-refractivity contribution >= 4 is 5.91 Å². The monoisotopic (exact) mass is 448 g/mol. The zero-order valence-electron chi connectivity index (χ0n) is 20.1. The highest BCUT2D eigenvalue weighted by molar-refractivity contribution is 5.94. The van der Waals surface area contributed by atoms with Crippen LogP contribution in [-0.4, -0.2) is 42.2 Å². The van der Waals surface area contributed by atoms with Gasteiger partial charge in [0.05, 0.1) is 13.2 Å². The lowest BCUT2D eigenvalue weighted by atomic mass is 10.1. The van der Waals surface area contributed by atoms with Gasteiger partial charge in [-0.1, -0.05) is 37.6 Å². The first kappa shape index (κ1) is 24.6. The molecule has 0 saturated heterocycles. The third kappa shape index (κ3) is 7.22. The van der Waals surface area contributed by atoms with Crippen LogP contribution in [0.25, 0.3) is 0 Å². The Hall–Kier alpha value is -3.05. The number of aromatic nitrogens is 1. The second-order valence-electron chi connectivity index (χ2n) is 8.35. The summed E-state index contributed by atoms with van der Waals surface area (Å²) in [6.07, 6.45) is 5.00. The second-order valence-corrected chi connectivity index (χ2v) is 8.35. The van der Waals surface area contributed by atoms with E-state index in [1.165, 1.54) is 11.1 Å². The standard InChI is InChI=1S/C28H36N2O3/c1-4-5-20-33-27-15-13-24(14-16-27)28(31)30(18-9-19-32-3)22-26-12-8-17-29(26)21-25-11-7-6-10-23(25)2/h6-8,10-17H,4-5,9,18-22H2,1-3H3. The minimum Gasteiger partial charge on any atom is -0.494 e. The predicted molar refractivity (Wildman–Crippen MR) is 133 cm³/mol. The lowest BCUT2D eigenvalue weighted by Crippen LogP contribution is -2.33. The highest BCUT2D eigenvalue weighted by Crippen LogP contribution is 2.18. The Morgan fingerprint density at radius 2 is 1.76 bits per heavy atom. The summed E-state index contributed by atoms with van der Waals surface area (Å²) in [5.41, 5.74) is 4.34. The molecule has 176 valence electrons. The number of aryl methyl sites for hydroxylation is 1. The summed E-state index contributed by atoms with van der Waals surface area (Å²) in [5, 5.41) is 0. The van der Waals surface area contributed by atoms with Crippen LogP contribution in [0.3, 0.4) is 0 Å². The molecule has 3 aromatic rings. The summed E-state index contributed by atoms with van der Waals surface area (Å²) in [6, 6.07) is 20.1. The van der Waals surface area contributed by atoms with Crippen molar-refractivity contribution in [1.29, 1.82) is 0 Å². The lowest BCUT2D eigenvalue weighted by molar-refractivity contribution is 0.0720. The maximum Gasteiger partial charge on any atom is 0.254 e. The number of benzene rings is 2. The maximum atomic E-state index is 13.4. The van der Waals surface area contributed by atoms with Crippen LogP contribution in [-0.2, 0) is 17.8 Å². The number of nitrogens with zero attached hydrogens (tertiary/aromatic N) is 2. The summed E-state index contributed by atoms with van der Waals surface area (Å²) < 4.78 is 13.2. The summed E-state index contributed by atoms with van der Waals surface area (Å²) in [7, 11) is 1.69. The zero-order valence-corrected chi connectivity index (χ0v) is 20.1. The van der Waals surface area contributed by atoms with Gasteiger partial charge >= 0.3 is 0 Å². The second kappa shape index (κ2) is 12.9. The smallest absolute Gasteiger partial charge is 0.254 e. The van der Waals surface area contributed by atoms with Gasteiger partial charge in [0, 0.05) is 44.3 Å². The average molecular weight is 449 g/mol. The van der Waals surface area contributed by atoms with Crippen LogP contribution < -0.4 is 4.74 Å². The highest BCUT2D eigenvalue weighted by Gasteiger charge is 2.18. The Morgan fingerprint density at radius 3 is 2.48 bits per heavy atom. The third-order valence-corrected chi connectivity index (χ3v) is 5.81. The molecule has 2 aromatic carbocycles. The van der Waals surface area contributed by atoms with Gasteiger partial charge < -0.3 is 18.9 Å². The maximum absolute atomic E-state index is 13.4. The van der Waals surface area contributed by atoms with Gasteiger partial charge in [-0.2, -0.15) is 0 Å². The van der Waals surface area contributed by atoms with Crippen molar-refractivity contribution in [3.05, 3.63) is 89.2 Å². The Balaban J connectivity index is 1.73. The number of methoxy groups -OCH3 is 1. The van der Waals surface area contributed by atoms with Crippen molar-refractivity contribution in [1.82, 2.24) is 9.47 Å². The molecule has 0 atom stereocenters. The number of hydrogen-bond donors (Lipinski definition) is 0. The minimum atomic E-state index is 0.0230. The van der Waals surface area contributed by atoms with Crippen LogP contribution in [0.15, 0.2) is 66.9 Å². The van der Waals surface area contributed by atoms with Crippen molar-refractivity contribution in [2.45, 2.75) is 46.2 Å². The van der Waals surface area contributed by atoms with E-state index < -0.39 is 0 Å². The van der Waals surface area contributed by atoms with E-state index in [2.05, 4.69) is 54.9 Å². The topological polar surface area (TPSA) is 43.7 Å². The van der Waals surface area contributed by atoms with E-state index in [-0.39, 0.29) is 5.91 Å². The molecule has 5 nitrogen and oxygen atoms in total. The molecule has 0 spiro atoms. The van der Waals surface area contributed by atoms with Crippen LogP contribution in [0.4, 0.5) is 0 Å². The highest BCUT2D eigenvalue weighted by atomic mass is 16.5. The van der Waals surface area contributed by atoms with E-state index in [9.17, 15) is 4.79 Å². The van der Waals surface area contributed by atoms with Gasteiger partial charge in [0.25, 0.3) is 5.91 Å². The molecule has 5 heteroatoms. The number of unbranched alkanes of at least 4 members (excludes halogenated alkanes) is 1. The number of rotatable bonds is 13. The molecule has 1 heterocycles. The fraction of sp³-hybridized carbons (Fsp3) is 0.393. The SMILES string of the molecule is CCCCOc1ccc(C(=O)N(CCCOC)Cc2cccn2Cc2ccccc2C)cc1. The first-order valence-corrected chi connectivity index (χ1v) is 11.8. The number of carbonyl (C=O) groups excluding carboxylic acids is 1. The van der Waals surface area contributed by atoms with Crippen molar-refractivity contribution in [2.75, 3.05) is 26.9 Å². The van der Waals surface area contributed by atoms with Gasteiger partial charge in [-0.15, -0.1) is 0 Å². The van der Waals surface area contributed by atoms with E-state index >= 15 is 0 Å². The Bertz CT molecular complexity index is 994. The largest absolute Gasteiger partial charge is 0.494 e. The molecule has 0 aliphatic heterocycles. The fourth-order valence-electron chi connectivity index (χ4n) is 3.78. The van der Waals surface area contributed by atoms with E-state index in [0.29, 0.717) is 31.9 Å². The number of carbonyl (C=O) groups is 1. The fourth-order valence-corrected chi connectivity index (χ4v) is 3.78. The zero-order chi connectivity index (χ0) is 23.5. The van der Waals surface area contributed by atoms with Gasteiger partial charge in [-0.25, -0.2) is 0 Å². The minimum absolute atomic E-state index is 0.0230. The summed E-state index contributed by atoms with van der Waals surface area (Å²) >= 11 is 0. The molecule has 1 aromatic heterocycles. The first-order chi connectivity index (χ1) is 16.1. The Kier molecular flexibility index (Phi) is 9.58. The molecular formula is C28H36N2O3. The van der Waals surface area contributed by atoms with Gasteiger partial charge in [-0.3, -0.25) is 4.79 Å². The van der Waals surface area contributed by atoms with Crippen LogP contribution in [0.2, 0.25) is 0 Å². The molecular weight excluding hydrogens is 412 g/mol.